The first-order valence-electron chi connectivity index (χ1n) is 8.31. The molecule has 0 spiro atoms. The third kappa shape index (κ3) is 4.89. The van der Waals surface area contributed by atoms with Crippen molar-refractivity contribution in [3.05, 3.63) is 28.8 Å². The zero-order valence-corrected chi connectivity index (χ0v) is 14.1. The number of halogens is 1. The Bertz CT molecular complexity index is 427. The first kappa shape index (κ1) is 16.6. The number of methoxy groups -OCH3 is 1. The lowest BCUT2D eigenvalue weighted by atomic mass is 9.89. The van der Waals surface area contributed by atoms with Gasteiger partial charge in [0.25, 0.3) is 0 Å². The van der Waals surface area contributed by atoms with E-state index < -0.39 is 0 Å². The quantitative estimate of drug-likeness (QED) is 0.714. The summed E-state index contributed by atoms with van der Waals surface area (Å²) in [5.41, 5.74) is 1.20. The SMILES string of the molecule is CCNC(CC1CCCCCC1)c1cc(Cl)ccc1OC. The summed E-state index contributed by atoms with van der Waals surface area (Å²) in [7, 11) is 1.74. The third-order valence-corrected chi connectivity index (χ3v) is 4.80. The first-order valence-corrected chi connectivity index (χ1v) is 8.69. The van der Waals surface area contributed by atoms with E-state index in [1.165, 1.54) is 50.5 Å². The largest absolute Gasteiger partial charge is 0.496 e. The van der Waals surface area contributed by atoms with Crippen molar-refractivity contribution in [3.8, 4) is 5.75 Å². The summed E-state index contributed by atoms with van der Waals surface area (Å²) in [6, 6.07) is 6.28. The van der Waals surface area contributed by atoms with Crippen molar-refractivity contribution in [1.82, 2.24) is 5.32 Å². The monoisotopic (exact) mass is 309 g/mol. The van der Waals surface area contributed by atoms with Crippen LogP contribution in [0.15, 0.2) is 18.2 Å². The van der Waals surface area contributed by atoms with Gasteiger partial charge >= 0.3 is 0 Å². The molecule has 0 radical (unpaired) electrons. The molecule has 2 rings (SSSR count). The van der Waals surface area contributed by atoms with E-state index >= 15 is 0 Å². The number of ether oxygens (including phenoxy) is 1. The molecule has 1 aliphatic rings. The second-order valence-corrected chi connectivity index (χ2v) is 6.53. The molecule has 0 aromatic heterocycles. The van der Waals surface area contributed by atoms with Crippen LogP contribution in [0.25, 0.3) is 0 Å². The Balaban J connectivity index is 2.15. The van der Waals surface area contributed by atoms with Crippen LogP contribution < -0.4 is 10.1 Å². The van der Waals surface area contributed by atoms with Crippen LogP contribution in [0.4, 0.5) is 0 Å². The fourth-order valence-electron chi connectivity index (χ4n) is 3.48. The van der Waals surface area contributed by atoms with Crippen molar-refractivity contribution in [1.29, 1.82) is 0 Å². The number of rotatable bonds is 6. The van der Waals surface area contributed by atoms with Crippen molar-refractivity contribution in [2.45, 2.75) is 57.9 Å². The predicted octanol–water partition coefficient (Wildman–Crippen LogP) is 5.36. The molecule has 118 valence electrons. The third-order valence-electron chi connectivity index (χ3n) is 4.56. The van der Waals surface area contributed by atoms with Gasteiger partial charge in [0, 0.05) is 16.6 Å². The van der Waals surface area contributed by atoms with Crippen molar-refractivity contribution in [3.63, 3.8) is 0 Å². The minimum Gasteiger partial charge on any atom is -0.496 e. The molecule has 0 bridgehead atoms. The summed E-state index contributed by atoms with van der Waals surface area (Å²) >= 11 is 6.20. The number of nitrogens with one attached hydrogen (secondary N) is 1. The molecule has 1 unspecified atom stereocenters. The Morgan fingerprint density at radius 3 is 2.57 bits per heavy atom. The van der Waals surface area contributed by atoms with Crippen LogP contribution in [0.5, 0.6) is 5.75 Å². The maximum atomic E-state index is 6.20. The summed E-state index contributed by atoms with van der Waals surface area (Å²) in [5, 5.41) is 4.42. The average Bonchev–Trinajstić information content (AvgIpc) is 2.75. The van der Waals surface area contributed by atoms with E-state index in [1.807, 2.05) is 12.1 Å². The fraction of sp³-hybridized carbons (Fsp3) is 0.667. The average molecular weight is 310 g/mol. The van der Waals surface area contributed by atoms with E-state index in [4.69, 9.17) is 16.3 Å². The Hall–Kier alpha value is -0.730. The minimum atomic E-state index is 0.340. The van der Waals surface area contributed by atoms with Crippen molar-refractivity contribution < 1.29 is 4.74 Å². The van der Waals surface area contributed by atoms with Gasteiger partial charge in [-0.15, -0.1) is 0 Å². The molecule has 1 fully saturated rings. The van der Waals surface area contributed by atoms with Crippen LogP contribution in [0.2, 0.25) is 5.02 Å². The van der Waals surface area contributed by atoms with Gasteiger partial charge in [0.1, 0.15) is 5.75 Å². The van der Waals surface area contributed by atoms with Gasteiger partial charge in [-0.25, -0.2) is 0 Å². The highest BCUT2D eigenvalue weighted by Gasteiger charge is 2.21. The molecule has 1 aromatic rings. The van der Waals surface area contributed by atoms with Crippen molar-refractivity contribution >= 4 is 11.6 Å². The Kier molecular flexibility index (Phi) is 6.85. The highest BCUT2D eigenvalue weighted by atomic mass is 35.5. The zero-order chi connectivity index (χ0) is 15.1. The van der Waals surface area contributed by atoms with Crippen LogP contribution >= 0.6 is 11.6 Å². The lowest BCUT2D eigenvalue weighted by Crippen LogP contribution is -2.24. The van der Waals surface area contributed by atoms with Crippen LogP contribution in [0.3, 0.4) is 0 Å². The standard InChI is InChI=1S/C18H28ClNO/c1-3-20-17(12-14-8-6-4-5-7-9-14)16-13-15(19)10-11-18(16)21-2/h10-11,13-14,17,20H,3-9,12H2,1-2H3. The molecule has 1 N–H and O–H groups in total. The smallest absolute Gasteiger partial charge is 0.123 e. The van der Waals surface area contributed by atoms with E-state index in [0.717, 1.165) is 23.2 Å². The maximum absolute atomic E-state index is 6.20. The topological polar surface area (TPSA) is 21.3 Å². The number of hydrogen-bond acceptors (Lipinski definition) is 2. The van der Waals surface area contributed by atoms with Gasteiger partial charge in [0.05, 0.1) is 7.11 Å². The molecule has 1 aromatic carbocycles. The Morgan fingerprint density at radius 1 is 1.24 bits per heavy atom. The van der Waals surface area contributed by atoms with E-state index in [2.05, 4.69) is 18.3 Å². The van der Waals surface area contributed by atoms with Crippen LogP contribution in [0.1, 0.15) is 63.5 Å². The van der Waals surface area contributed by atoms with Gasteiger partial charge in [0.2, 0.25) is 0 Å². The molecule has 3 heteroatoms. The summed E-state index contributed by atoms with van der Waals surface area (Å²) in [4.78, 5) is 0. The second-order valence-electron chi connectivity index (χ2n) is 6.09. The maximum Gasteiger partial charge on any atom is 0.123 e. The van der Waals surface area contributed by atoms with Gasteiger partial charge < -0.3 is 10.1 Å². The molecule has 0 aliphatic heterocycles. The molecule has 0 heterocycles. The molecule has 1 saturated carbocycles. The normalized spacial score (nSPS) is 18.2. The molecule has 21 heavy (non-hydrogen) atoms. The zero-order valence-electron chi connectivity index (χ0n) is 13.3. The highest BCUT2D eigenvalue weighted by molar-refractivity contribution is 6.30. The van der Waals surface area contributed by atoms with Crippen molar-refractivity contribution in [2.24, 2.45) is 5.92 Å². The number of hydrogen-bond donors (Lipinski definition) is 1. The van der Waals surface area contributed by atoms with Gasteiger partial charge in [-0.05, 0) is 37.1 Å². The van der Waals surface area contributed by atoms with E-state index in [0.29, 0.717) is 6.04 Å². The first-order chi connectivity index (χ1) is 10.2. The molecule has 1 aliphatic carbocycles. The minimum absolute atomic E-state index is 0.340. The van der Waals surface area contributed by atoms with Gasteiger partial charge in [0.15, 0.2) is 0 Å². The summed E-state index contributed by atoms with van der Waals surface area (Å²) < 4.78 is 5.54. The van der Waals surface area contributed by atoms with Gasteiger partial charge in [-0.2, -0.15) is 0 Å². The van der Waals surface area contributed by atoms with Crippen LogP contribution in [-0.2, 0) is 0 Å². The van der Waals surface area contributed by atoms with Crippen LogP contribution in [-0.4, -0.2) is 13.7 Å². The Morgan fingerprint density at radius 2 is 1.95 bits per heavy atom. The molecular weight excluding hydrogens is 282 g/mol. The Labute approximate surface area is 134 Å². The fourth-order valence-corrected chi connectivity index (χ4v) is 3.66. The highest BCUT2D eigenvalue weighted by Crippen LogP contribution is 2.35. The molecule has 2 nitrogen and oxygen atoms in total. The lowest BCUT2D eigenvalue weighted by molar-refractivity contribution is 0.345. The van der Waals surface area contributed by atoms with Gasteiger partial charge in [-0.3, -0.25) is 0 Å². The van der Waals surface area contributed by atoms with Gasteiger partial charge in [-0.1, -0.05) is 57.0 Å². The summed E-state index contributed by atoms with van der Waals surface area (Å²) in [6.45, 7) is 3.13. The number of benzene rings is 1. The van der Waals surface area contributed by atoms with Crippen molar-refractivity contribution in [2.75, 3.05) is 13.7 Å². The second kappa shape index (κ2) is 8.65. The van der Waals surface area contributed by atoms with E-state index in [1.54, 1.807) is 7.11 Å². The molecule has 0 saturated heterocycles. The molecule has 1 atom stereocenters. The lowest BCUT2D eigenvalue weighted by Gasteiger charge is -2.25. The van der Waals surface area contributed by atoms with Crippen LogP contribution in [0, 0.1) is 5.92 Å². The predicted molar refractivity (Wildman–Crippen MR) is 90.2 cm³/mol. The van der Waals surface area contributed by atoms with E-state index in [-0.39, 0.29) is 0 Å². The van der Waals surface area contributed by atoms with E-state index in [9.17, 15) is 0 Å². The summed E-state index contributed by atoms with van der Waals surface area (Å²) in [5.74, 6) is 1.76. The summed E-state index contributed by atoms with van der Waals surface area (Å²) in [6.07, 6.45) is 9.50. The molecular formula is C18H28ClNO. The molecule has 0 amide bonds.